The van der Waals surface area contributed by atoms with Gasteiger partial charge in [-0.25, -0.2) is 0 Å². The molecule has 1 aromatic carbocycles. The minimum atomic E-state index is -0.316. The zero-order valence-electron chi connectivity index (χ0n) is 11.9. The number of aryl methyl sites for hydroxylation is 1. The van der Waals surface area contributed by atoms with Crippen LogP contribution in [0.5, 0.6) is 0 Å². The Morgan fingerprint density at radius 1 is 1.26 bits per heavy atom. The molecule has 4 nitrogen and oxygen atoms in total. The van der Waals surface area contributed by atoms with Gasteiger partial charge in [0, 0.05) is 11.6 Å². The summed E-state index contributed by atoms with van der Waals surface area (Å²) in [4.78, 5) is 23.5. The van der Waals surface area contributed by atoms with Crippen LogP contribution in [0, 0.1) is 12.8 Å². The molecule has 0 saturated carbocycles. The van der Waals surface area contributed by atoms with E-state index in [1.807, 2.05) is 39.0 Å². The van der Waals surface area contributed by atoms with Crippen LogP contribution in [0.4, 0.5) is 0 Å². The molecule has 0 fully saturated rings. The molecule has 0 bridgehead atoms. The molecule has 1 amide bonds. The van der Waals surface area contributed by atoms with Gasteiger partial charge >= 0.3 is 5.97 Å². The lowest BCUT2D eigenvalue weighted by molar-refractivity contribution is -0.141. The molecule has 0 aliphatic heterocycles. The Hall–Kier alpha value is -1.84. The molecular weight excluding hydrogens is 242 g/mol. The zero-order valence-corrected chi connectivity index (χ0v) is 11.9. The maximum atomic E-state index is 12.2. The average Bonchev–Trinajstić information content (AvgIpc) is 2.37. The average molecular weight is 263 g/mol. The normalized spacial score (nSPS) is 12.1. The molecule has 104 valence electrons. The molecule has 0 aliphatic carbocycles. The Kier molecular flexibility index (Phi) is 5.55. The molecule has 0 saturated heterocycles. The van der Waals surface area contributed by atoms with Gasteiger partial charge in [-0.1, -0.05) is 32.0 Å². The number of methoxy groups -OCH3 is 1. The Labute approximate surface area is 114 Å². The predicted molar refractivity (Wildman–Crippen MR) is 73.9 cm³/mol. The fraction of sp³-hybridized carbons (Fsp3) is 0.467. The van der Waals surface area contributed by atoms with E-state index in [1.54, 1.807) is 6.07 Å². The summed E-state index contributed by atoms with van der Waals surface area (Å²) in [5.41, 5.74) is 1.55. The van der Waals surface area contributed by atoms with Crippen LogP contribution >= 0.6 is 0 Å². The van der Waals surface area contributed by atoms with E-state index in [1.165, 1.54) is 7.11 Å². The number of rotatable bonds is 5. The highest BCUT2D eigenvalue weighted by atomic mass is 16.5. The smallest absolute Gasteiger partial charge is 0.307 e. The number of amides is 1. The van der Waals surface area contributed by atoms with E-state index in [0.29, 0.717) is 5.56 Å². The summed E-state index contributed by atoms with van der Waals surface area (Å²) in [7, 11) is 1.35. The number of esters is 1. The van der Waals surface area contributed by atoms with Gasteiger partial charge in [0.25, 0.3) is 5.91 Å². The largest absolute Gasteiger partial charge is 0.469 e. The number of carbonyl (C=O) groups is 2. The summed E-state index contributed by atoms with van der Waals surface area (Å²) in [5, 5.41) is 2.90. The van der Waals surface area contributed by atoms with Crippen molar-refractivity contribution >= 4 is 11.9 Å². The SMILES string of the molecule is COC(=O)CC(NC(=O)c1ccccc1C)C(C)C. The number of ether oxygens (including phenoxy) is 1. The quantitative estimate of drug-likeness (QED) is 0.829. The first kappa shape index (κ1) is 15.2. The van der Waals surface area contributed by atoms with Crippen molar-refractivity contribution in [2.24, 2.45) is 5.92 Å². The van der Waals surface area contributed by atoms with Crippen LogP contribution in [0.3, 0.4) is 0 Å². The lowest BCUT2D eigenvalue weighted by Crippen LogP contribution is -2.40. The molecule has 1 rings (SSSR count). The first-order valence-electron chi connectivity index (χ1n) is 6.39. The summed E-state index contributed by atoms with van der Waals surface area (Å²) in [6.07, 6.45) is 0.186. The van der Waals surface area contributed by atoms with Crippen molar-refractivity contribution in [1.82, 2.24) is 5.32 Å². The predicted octanol–water partition coefficient (Wildman–Crippen LogP) is 2.31. The molecule has 19 heavy (non-hydrogen) atoms. The second-order valence-corrected chi connectivity index (χ2v) is 4.92. The number of nitrogens with one attached hydrogen (secondary N) is 1. The van der Waals surface area contributed by atoms with Crippen molar-refractivity contribution in [3.05, 3.63) is 35.4 Å². The van der Waals surface area contributed by atoms with Crippen molar-refractivity contribution in [1.29, 1.82) is 0 Å². The van der Waals surface area contributed by atoms with Gasteiger partial charge in [-0.15, -0.1) is 0 Å². The van der Waals surface area contributed by atoms with E-state index in [2.05, 4.69) is 10.1 Å². The minimum absolute atomic E-state index is 0.152. The third-order valence-electron chi connectivity index (χ3n) is 3.13. The topological polar surface area (TPSA) is 55.4 Å². The van der Waals surface area contributed by atoms with Gasteiger partial charge in [-0.2, -0.15) is 0 Å². The number of hydrogen-bond donors (Lipinski definition) is 1. The lowest BCUT2D eigenvalue weighted by Gasteiger charge is -2.21. The maximum Gasteiger partial charge on any atom is 0.307 e. The Bertz CT molecular complexity index is 454. The summed E-state index contributed by atoms with van der Waals surface area (Å²) in [6, 6.07) is 7.16. The summed E-state index contributed by atoms with van der Waals surface area (Å²) >= 11 is 0. The van der Waals surface area contributed by atoms with Crippen LogP contribution in [0.1, 0.15) is 36.2 Å². The van der Waals surface area contributed by atoms with E-state index < -0.39 is 0 Å². The molecule has 1 aromatic rings. The molecule has 1 N–H and O–H groups in total. The van der Waals surface area contributed by atoms with E-state index in [0.717, 1.165) is 5.56 Å². The van der Waals surface area contributed by atoms with Crippen LogP contribution in [0.15, 0.2) is 24.3 Å². The molecule has 4 heteroatoms. The number of benzene rings is 1. The van der Waals surface area contributed by atoms with Gasteiger partial charge < -0.3 is 10.1 Å². The number of carbonyl (C=O) groups excluding carboxylic acids is 2. The molecule has 1 atom stereocenters. The highest BCUT2D eigenvalue weighted by Crippen LogP contribution is 2.11. The van der Waals surface area contributed by atoms with E-state index in [9.17, 15) is 9.59 Å². The van der Waals surface area contributed by atoms with E-state index in [-0.39, 0.29) is 30.3 Å². The van der Waals surface area contributed by atoms with Gasteiger partial charge in [0.1, 0.15) is 0 Å². The highest BCUT2D eigenvalue weighted by Gasteiger charge is 2.21. The summed E-state index contributed by atoms with van der Waals surface area (Å²) in [5.74, 6) is -0.309. The Balaban J connectivity index is 2.77. The second kappa shape index (κ2) is 6.92. The van der Waals surface area contributed by atoms with Crippen molar-refractivity contribution in [2.75, 3.05) is 7.11 Å². The first-order chi connectivity index (χ1) is 8.95. The van der Waals surface area contributed by atoms with E-state index >= 15 is 0 Å². The summed E-state index contributed by atoms with van der Waals surface area (Å²) in [6.45, 7) is 5.82. The van der Waals surface area contributed by atoms with Crippen LogP contribution in [-0.2, 0) is 9.53 Å². The second-order valence-electron chi connectivity index (χ2n) is 4.92. The third-order valence-corrected chi connectivity index (χ3v) is 3.13. The molecule has 1 unspecified atom stereocenters. The molecule has 0 aliphatic rings. The standard InChI is InChI=1S/C15H21NO3/c1-10(2)13(9-14(17)19-4)16-15(18)12-8-6-5-7-11(12)3/h5-8,10,13H,9H2,1-4H3,(H,16,18). The van der Waals surface area contributed by atoms with Crippen LogP contribution < -0.4 is 5.32 Å². The lowest BCUT2D eigenvalue weighted by atomic mass is 10.00. The van der Waals surface area contributed by atoms with Crippen molar-refractivity contribution in [3.63, 3.8) is 0 Å². The van der Waals surface area contributed by atoms with Gasteiger partial charge in [0.05, 0.1) is 13.5 Å². The minimum Gasteiger partial charge on any atom is -0.469 e. The molecular formula is C15H21NO3. The van der Waals surface area contributed by atoms with Crippen LogP contribution in [0.25, 0.3) is 0 Å². The number of hydrogen-bond acceptors (Lipinski definition) is 3. The van der Waals surface area contributed by atoms with Gasteiger partial charge in [-0.3, -0.25) is 9.59 Å². The Morgan fingerprint density at radius 3 is 2.42 bits per heavy atom. The van der Waals surface area contributed by atoms with E-state index in [4.69, 9.17) is 0 Å². The third kappa shape index (κ3) is 4.39. The fourth-order valence-corrected chi connectivity index (χ4v) is 1.79. The highest BCUT2D eigenvalue weighted by molar-refractivity contribution is 5.96. The monoisotopic (exact) mass is 263 g/mol. The van der Waals surface area contributed by atoms with Crippen LogP contribution in [-0.4, -0.2) is 25.0 Å². The molecule has 0 heterocycles. The molecule has 0 radical (unpaired) electrons. The Morgan fingerprint density at radius 2 is 1.89 bits per heavy atom. The van der Waals surface area contributed by atoms with Crippen molar-refractivity contribution < 1.29 is 14.3 Å². The fourth-order valence-electron chi connectivity index (χ4n) is 1.79. The van der Waals surface area contributed by atoms with Crippen molar-refractivity contribution in [3.8, 4) is 0 Å². The van der Waals surface area contributed by atoms with Gasteiger partial charge in [0.15, 0.2) is 0 Å². The van der Waals surface area contributed by atoms with Crippen molar-refractivity contribution in [2.45, 2.75) is 33.2 Å². The van der Waals surface area contributed by atoms with Gasteiger partial charge in [0.2, 0.25) is 0 Å². The molecule has 0 aromatic heterocycles. The van der Waals surface area contributed by atoms with Crippen LogP contribution in [0.2, 0.25) is 0 Å². The van der Waals surface area contributed by atoms with Gasteiger partial charge in [-0.05, 0) is 24.5 Å². The summed E-state index contributed by atoms with van der Waals surface area (Å²) < 4.78 is 4.65. The zero-order chi connectivity index (χ0) is 14.4. The molecule has 0 spiro atoms. The first-order valence-corrected chi connectivity index (χ1v) is 6.39. The maximum absolute atomic E-state index is 12.2.